The molecule has 30 heavy (non-hydrogen) atoms. The van der Waals surface area contributed by atoms with Gasteiger partial charge in [-0.25, -0.2) is 0 Å². The number of benzene rings is 2. The zero-order valence-electron chi connectivity index (χ0n) is 17.7. The zero-order valence-corrected chi connectivity index (χ0v) is 20.9. The number of hydrogen-bond acceptors (Lipinski definition) is 4. The summed E-state index contributed by atoms with van der Waals surface area (Å²) < 4.78 is 11.4. The third-order valence-corrected chi connectivity index (χ3v) is 5.40. The maximum atomic E-state index is 6.06. The van der Waals surface area contributed by atoms with Crippen LogP contribution in [-0.4, -0.2) is 38.2 Å². The third-order valence-electron chi connectivity index (χ3n) is 4.66. The normalized spacial score (nSPS) is 10.3. The zero-order chi connectivity index (χ0) is 20.4. The molecule has 0 aliphatic carbocycles. The van der Waals surface area contributed by atoms with Crippen molar-refractivity contribution in [1.82, 2.24) is 10.2 Å². The molecule has 0 saturated carbocycles. The largest absolute Gasteiger partial charge is 0.493 e. The van der Waals surface area contributed by atoms with Crippen LogP contribution >= 0.6 is 48.0 Å². The number of methoxy groups -OCH3 is 1. The van der Waals surface area contributed by atoms with Crippen molar-refractivity contribution in [2.45, 2.75) is 33.4 Å². The first-order valence-corrected chi connectivity index (χ1v) is 10.5. The van der Waals surface area contributed by atoms with Crippen molar-refractivity contribution in [3.8, 4) is 11.5 Å². The van der Waals surface area contributed by atoms with Crippen LogP contribution in [0.5, 0.6) is 11.5 Å². The van der Waals surface area contributed by atoms with E-state index in [9.17, 15) is 0 Å². The molecule has 0 atom stereocenters. The lowest BCUT2D eigenvalue weighted by Crippen LogP contribution is -2.27. The summed E-state index contributed by atoms with van der Waals surface area (Å²) in [6.45, 7) is 9.95. The van der Waals surface area contributed by atoms with E-state index in [4.69, 9.17) is 32.7 Å². The van der Waals surface area contributed by atoms with Crippen LogP contribution in [0.3, 0.4) is 0 Å². The van der Waals surface area contributed by atoms with Crippen LogP contribution in [0.1, 0.15) is 31.4 Å². The van der Waals surface area contributed by atoms with Gasteiger partial charge >= 0.3 is 0 Å². The molecule has 0 bridgehead atoms. The van der Waals surface area contributed by atoms with Crippen LogP contribution in [0.25, 0.3) is 0 Å². The Morgan fingerprint density at radius 2 is 1.60 bits per heavy atom. The molecular formula is C22H32Cl4N2O2. The van der Waals surface area contributed by atoms with Gasteiger partial charge in [-0.3, -0.25) is 0 Å². The Hall–Kier alpha value is -0.880. The van der Waals surface area contributed by atoms with Crippen LogP contribution < -0.4 is 14.8 Å². The molecule has 0 amide bonds. The number of nitrogens with one attached hydrogen (secondary N) is 1. The summed E-state index contributed by atoms with van der Waals surface area (Å²) in [6, 6.07) is 11.5. The van der Waals surface area contributed by atoms with E-state index in [0.29, 0.717) is 22.4 Å². The second kappa shape index (κ2) is 15.9. The number of halogens is 4. The highest BCUT2D eigenvalue weighted by Crippen LogP contribution is 2.29. The molecule has 8 heteroatoms. The van der Waals surface area contributed by atoms with Crippen molar-refractivity contribution in [2.24, 2.45) is 0 Å². The topological polar surface area (TPSA) is 33.7 Å². The van der Waals surface area contributed by atoms with Crippen LogP contribution in [-0.2, 0) is 13.2 Å². The van der Waals surface area contributed by atoms with E-state index in [-0.39, 0.29) is 24.8 Å². The highest BCUT2D eigenvalue weighted by molar-refractivity contribution is 6.42. The molecule has 0 fully saturated rings. The summed E-state index contributed by atoms with van der Waals surface area (Å²) in [5.41, 5.74) is 2.12. The number of rotatable bonds is 12. The molecule has 0 saturated heterocycles. The molecule has 0 aliphatic rings. The molecule has 2 aromatic rings. The van der Waals surface area contributed by atoms with Crippen molar-refractivity contribution in [1.29, 1.82) is 0 Å². The molecule has 0 spiro atoms. The summed E-state index contributed by atoms with van der Waals surface area (Å²) in [4.78, 5) is 2.44. The van der Waals surface area contributed by atoms with Gasteiger partial charge in [0.15, 0.2) is 11.5 Å². The van der Waals surface area contributed by atoms with Crippen LogP contribution in [0, 0.1) is 0 Å². The van der Waals surface area contributed by atoms with E-state index in [2.05, 4.69) is 30.1 Å². The van der Waals surface area contributed by atoms with Gasteiger partial charge in [-0.15, -0.1) is 24.8 Å². The smallest absolute Gasteiger partial charge is 0.161 e. The van der Waals surface area contributed by atoms with Crippen LogP contribution in [0.2, 0.25) is 10.0 Å². The molecule has 0 aromatic heterocycles. The van der Waals surface area contributed by atoms with E-state index in [1.54, 1.807) is 13.2 Å². The fourth-order valence-corrected chi connectivity index (χ4v) is 3.25. The summed E-state index contributed by atoms with van der Waals surface area (Å²) >= 11 is 12.0. The van der Waals surface area contributed by atoms with Gasteiger partial charge in [0.2, 0.25) is 0 Å². The SMILES string of the molecule is CCN(CC)CCCNCc1ccc(OCc2ccc(Cl)c(Cl)c2)c(OC)c1.Cl.Cl. The Morgan fingerprint density at radius 1 is 0.900 bits per heavy atom. The van der Waals surface area contributed by atoms with Crippen molar-refractivity contribution < 1.29 is 9.47 Å². The Morgan fingerprint density at radius 3 is 2.23 bits per heavy atom. The molecule has 0 unspecified atom stereocenters. The molecule has 0 radical (unpaired) electrons. The lowest BCUT2D eigenvalue weighted by molar-refractivity contribution is 0.284. The van der Waals surface area contributed by atoms with Gasteiger partial charge in [-0.05, 0) is 68.0 Å². The summed E-state index contributed by atoms with van der Waals surface area (Å²) in [7, 11) is 1.66. The molecule has 2 aromatic carbocycles. The quantitative estimate of drug-likeness (QED) is 0.351. The van der Waals surface area contributed by atoms with Crippen molar-refractivity contribution in [3.05, 3.63) is 57.6 Å². The summed E-state index contributed by atoms with van der Waals surface area (Å²) in [6.07, 6.45) is 1.14. The predicted molar refractivity (Wildman–Crippen MR) is 132 cm³/mol. The van der Waals surface area contributed by atoms with E-state index in [0.717, 1.165) is 50.5 Å². The minimum absolute atomic E-state index is 0. The summed E-state index contributed by atoms with van der Waals surface area (Å²) in [5.74, 6) is 1.43. The fraction of sp³-hybridized carbons (Fsp3) is 0.455. The lowest BCUT2D eigenvalue weighted by atomic mass is 10.2. The minimum Gasteiger partial charge on any atom is -0.493 e. The average Bonchev–Trinajstić information content (AvgIpc) is 2.72. The van der Waals surface area contributed by atoms with Gasteiger partial charge in [0.1, 0.15) is 6.61 Å². The second-order valence-electron chi connectivity index (χ2n) is 6.58. The molecule has 170 valence electrons. The Balaban J connectivity index is 0.00000420. The molecule has 1 N–H and O–H groups in total. The number of nitrogens with zero attached hydrogens (tertiary/aromatic N) is 1. The summed E-state index contributed by atoms with van der Waals surface area (Å²) in [5, 5.41) is 4.56. The Bertz CT molecular complexity index is 743. The molecular weight excluding hydrogens is 466 g/mol. The highest BCUT2D eigenvalue weighted by Gasteiger charge is 2.07. The average molecular weight is 498 g/mol. The fourth-order valence-electron chi connectivity index (χ4n) is 2.93. The molecule has 2 rings (SSSR count). The highest BCUT2D eigenvalue weighted by atomic mass is 35.5. The predicted octanol–water partition coefficient (Wildman–Crippen LogP) is 6.25. The number of hydrogen-bond donors (Lipinski definition) is 1. The molecule has 0 heterocycles. The Labute approximate surface area is 203 Å². The first-order chi connectivity index (χ1) is 13.6. The van der Waals surface area contributed by atoms with E-state index in [1.807, 2.05) is 24.3 Å². The number of ether oxygens (including phenoxy) is 2. The van der Waals surface area contributed by atoms with Gasteiger partial charge in [-0.2, -0.15) is 0 Å². The lowest BCUT2D eigenvalue weighted by Gasteiger charge is -2.17. The van der Waals surface area contributed by atoms with E-state index >= 15 is 0 Å². The maximum Gasteiger partial charge on any atom is 0.161 e. The second-order valence-corrected chi connectivity index (χ2v) is 7.39. The Kier molecular flexibility index (Phi) is 15.4. The standard InChI is InChI=1S/C22H30Cl2N2O2.2ClH/c1-4-26(5-2)12-6-11-25-15-17-8-10-21(22(14-17)27-3)28-16-18-7-9-19(23)20(24)13-18;;/h7-10,13-14,25H,4-6,11-12,15-16H2,1-3H3;2*1H. The van der Waals surface area contributed by atoms with Crippen molar-refractivity contribution >= 4 is 48.0 Å². The van der Waals surface area contributed by atoms with Gasteiger partial charge in [-0.1, -0.05) is 49.2 Å². The third kappa shape index (κ3) is 9.51. The van der Waals surface area contributed by atoms with Crippen molar-refractivity contribution in [3.63, 3.8) is 0 Å². The van der Waals surface area contributed by atoms with Crippen molar-refractivity contribution in [2.75, 3.05) is 33.3 Å². The van der Waals surface area contributed by atoms with Gasteiger partial charge in [0, 0.05) is 6.54 Å². The first-order valence-electron chi connectivity index (χ1n) is 9.74. The monoisotopic (exact) mass is 496 g/mol. The maximum absolute atomic E-state index is 6.06. The van der Waals surface area contributed by atoms with Crippen LogP contribution in [0.15, 0.2) is 36.4 Å². The minimum atomic E-state index is 0. The first kappa shape index (κ1) is 29.1. The van der Waals surface area contributed by atoms with Gasteiger partial charge in [0.05, 0.1) is 17.2 Å². The molecule has 4 nitrogen and oxygen atoms in total. The molecule has 0 aliphatic heterocycles. The van der Waals surface area contributed by atoms with E-state index in [1.165, 1.54) is 5.56 Å². The van der Waals surface area contributed by atoms with Gasteiger partial charge < -0.3 is 19.7 Å². The van der Waals surface area contributed by atoms with Gasteiger partial charge in [0.25, 0.3) is 0 Å². The van der Waals surface area contributed by atoms with Crippen LogP contribution in [0.4, 0.5) is 0 Å². The van der Waals surface area contributed by atoms with E-state index < -0.39 is 0 Å².